The molecule has 8 nitrogen and oxygen atoms in total. The van der Waals surface area contributed by atoms with E-state index in [1.165, 1.54) is 11.3 Å². The Balaban J connectivity index is 1.70. The van der Waals surface area contributed by atoms with Gasteiger partial charge in [0.1, 0.15) is 4.83 Å². The second kappa shape index (κ2) is 6.39. The van der Waals surface area contributed by atoms with E-state index in [0.717, 1.165) is 35.2 Å². The summed E-state index contributed by atoms with van der Waals surface area (Å²) in [4.78, 5) is 30.9. The van der Waals surface area contributed by atoms with E-state index in [4.69, 9.17) is 0 Å². The first kappa shape index (κ1) is 17.0. The predicted octanol–water partition coefficient (Wildman–Crippen LogP) is 2.54. The largest absolute Gasteiger partial charge is 0.340 e. The van der Waals surface area contributed by atoms with Gasteiger partial charge in [0.2, 0.25) is 0 Å². The molecule has 1 aliphatic heterocycles. The number of carbonyl (C=O) groups is 1. The number of hydrogen-bond acceptors (Lipinski definition) is 5. The molecule has 1 atom stereocenters. The van der Waals surface area contributed by atoms with Crippen molar-refractivity contribution in [2.24, 2.45) is 7.05 Å². The van der Waals surface area contributed by atoms with Gasteiger partial charge >= 0.3 is 5.69 Å². The molecule has 138 valence electrons. The molecule has 4 rings (SSSR count). The summed E-state index contributed by atoms with van der Waals surface area (Å²) in [5, 5.41) is 12.1. The molecule has 3 aromatic heterocycles. The number of piperidine rings is 1. The number of carbonyl (C=O) groups excluding carboxylic acids is 1. The minimum absolute atomic E-state index is 0.00513. The lowest BCUT2D eigenvalue weighted by atomic mass is 10.0. The van der Waals surface area contributed by atoms with Crippen LogP contribution < -0.4 is 5.69 Å². The van der Waals surface area contributed by atoms with Gasteiger partial charge in [-0.05, 0) is 31.2 Å². The van der Waals surface area contributed by atoms with Crippen molar-refractivity contribution in [1.82, 2.24) is 29.9 Å². The molecule has 1 amide bonds. The van der Waals surface area contributed by atoms with Crippen molar-refractivity contribution in [2.75, 3.05) is 6.54 Å². The Kier molecular flexibility index (Phi) is 4.18. The Labute approximate surface area is 154 Å². The van der Waals surface area contributed by atoms with E-state index in [-0.39, 0.29) is 17.6 Å². The Hall–Kier alpha value is -2.42. The molecule has 3 aromatic rings. The van der Waals surface area contributed by atoms with Crippen LogP contribution >= 0.6 is 11.3 Å². The molecule has 0 aromatic carbocycles. The number of aromatic nitrogens is 5. The van der Waals surface area contributed by atoms with Crippen LogP contribution in [0.15, 0.2) is 10.9 Å². The molecule has 1 aliphatic rings. The maximum Gasteiger partial charge on any atom is 0.340 e. The molecular formula is C17H22N6O2S. The highest BCUT2D eigenvalue weighted by atomic mass is 32.1. The monoisotopic (exact) mass is 374 g/mol. The topological polar surface area (TPSA) is 99.7 Å². The van der Waals surface area contributed by atoms with Gasteiger partial charge in [-0.2, -0.15) is 10.2 Å². The molecule has 1 unspecified atom stereocenters. The number of fused-ring (bicyclic) bond motifs is 1. The van der Waals surface area contributed by atoms with Crippen molar-refractivity contribution in [3.63, 3.8) is 0 Å². The van der Waals surface area contributed by atoms with Gasteiger partial charge in [-0.1, -0.05) is 13.8 Å². The third-order valence-electron chi connectivity index (χ3n) is 4.90. The molecule has 2 N–H and O–H groups in total. The van der Waals surface area contributed by atoms with Gasteiger partial charge in [0, 0.05) is 19.0 Å². The predicted molar refractivity (Wildman–Crippen MR) is 99.5 cm³/mol. The first-order chi connectivity index (χ1) is 12.5. The van der Waals surface area contributed by atoms with Crippen LogP contribution in [-0.4, -0.2) is 42.3 Å². The minimum Gasteiger partial charge on any atom is -0.328 e. The zero-order valence-corrected chi connectivity index (χ0v) is 15.9. The quantitative estimate of drug-likeness (QED) is 0.736. The van der Waals surface area contributed by atoms with Gasteiger partial charge in [-0.15, -0.1) is 11.3 Å². The second-order valence-corrected chi connectivity index (χ2v) is 8.10. The van der Waals surface area contributed by atoms with Gasteiger partial charge in [-0.25, -0.2) is 9.89 Å². The van der Waals surface area contributed by atoms with Crippen molar-refractivity contribution < 1.29 is 4.79 Å². The standard InChI is InChI=1S/C17H22N6O2S/c1-9(2)13-10-8-12(26-16(10)22(3)21-13)15(24)23-7-5-4-6-11(23)14-18-17(25)20-19-14/h8-9,11H,4-7H2,1-3H3,(H2,18,19,20,25). The van der Waals surface area contributed by atoms with Gasteiger partial charge in [-0.3, -0.25) is 14.5 Å². The number of rotatable bonds is 3. The van der Waals surface area contributed by atoms with E-state index in [1.54, 1.807) is 0 Å². The van der Waals surface area contributed by atoms with Crippen molar-refractivity contribution in [1.29, 1.82) is 0 Å². The summed E-state index contributed by atoms with van der Waals surface area (Å²) in [6.07, 6.45) is 2.77. The Morgan fingerprint density at radius 2 is 2.19 bits per heavy atom. The summed E-state index contributed by atoms with van der Waals surface area (Å²) < 4.78 is 1.85. The summed E-state index contributed by atoms with van der Waals surface area (Å²) in [5.41, 5.74) is 0.678. The molecule has 9 heteroatoms. The van der Waals surface area contributed by atoms with Crippen molar-refractivity contribution in [3.8, 4) is 0 Å². The zero-order chi connectivity index (χ0) is 18.4. The fourth-order valence-electron chi connectivity index (χ4n) is 3.64. The minimum atomic E-state index is -0.340. The molecule has 0 radical (unpaired) electrons. The zero-order valence-electron chi connectivity index (χ0n) is 15.1. The lowest BCUT2D eigenvalue weighted by Gasteiger charge is -2.33. The summed E-state index contributed by atoms with van der Waals surface area (Å²) >= 11 is 1.48. The third-order valence-corrected chi connectivity index (χ3v) is 6.09. The molecular weight excluding hydrogens is 352 g/mol. The van der Waals surface area contributed by atoms with Gasteiger partial charge < -0.3 is 4.90 Å². The fourth-order valence-corrected chi connectivity index (χ4v) is 4.68. The maximum atomic E-state index is 13.2. The lowest BCUT2D eigenvalue weighted by Crippen LogP contribution is -2.38. The first-order valence-electron chi connectivity index (χ1n) is 8.87. The van der Waals surface area contributed by atoms with Crippen molar-refractivity contribution >= 4 is 27.5 Å². The highest BCUT2D eigenvalue weighted by Crippen LogP contribution is 2.35. The first-order valence-corrected chi connectivity index (χ1v) is 9.69. The maximum absolute atomic E-state index is 13.2. The summed E-state index contributed by atoms with van der Waals surface area (Å²) in [5.74, 6) is 0.830. The van der Waals surface area contributed by atoms with Crippen LogP contribution in [-0.2, 0) is 7.05 Å². The van der Waals surface area contributed by atoms with Crippen molar-refractivity contribution in [3.05, 3.63) is 32.9 Å². The molecule has 0 spiro atoms. The van der Waals surface area contributed by atoms with Gasteiger partial charge in [0.25, 0.3) is 5.91 Å². The van der Waals surface area contributed by atoms with E-state index >= 15 is 0 Å². The SMILES string of the molecule is CC(C)c1nn(C)c2sc(C(=O)N3CCCCC3c3n[nH]c(=O)[nH]3)cc12. The van der Waals surface area contributed by atoms with E-state index in [0.29, 0.717) is 23.2 Å². The summed E-state index contributed by atoms with van der Waals surface area (Å²) in [6, 6.07) is 1.77. The number of amides is 1. The van der Waals surface area contributed by atoms with Crippen LogP contribution in [0.1, 0.15) is 66.3 Å². The number of likely N-dealkylation sites (tertiary alicyclic amines) is 1. The Morgan fingerprint density at radius 1 is 1.38 bits per heavy atom. The normalized spacial score (nSPS) is 18.2. The number of aryl methyl sites for hydroxylation is 1. The molecule has 26 heavy (non-hydrogen) atoms. The van der Waals surface area contributed by atoms with Crippen LogP contribution in [0.5, 0.6) is 0 Å². The number of hydrogen-bond donors (Lipinski definition) is 2. The van der Waals surface area contributed by atoms with Crippen LogP contribution in [0, 0.1) is 0 Å². The van der Waals surface area contributed by atoms with Crippen LogP contribution in [0.3, 0.4) is 0 Å². The Bertz CT molecular complexity index is 1010. The van der Waals surface area contributed by atoms with E-state index < -0.39 is 0 Å². The number of H-pyrrole nitrogens is 2. The molecule has 1 fully saturated rings. The highest BCUT2D eigenvalue weighted by molar-refractivity contribution is 7.20. The average molecular weight is 374 g/mol. The number of nitrogens with zero attached hydrogens (tertiary/aromatic N) is 4. The van der Waals surface area contributed by atoms with E-state index in [9.17, 15) is 9.59 Å². The lowest BCUT2D eigenvalue weighted by molar-refractivity contribution is 0.0605. The molecule has 0 bridgehead atoms. The second-order valence-electron chi connectivity index (χ2n) is 7.07. The number of thiophene rings is 1. The molecule has 0 saturated carbocycles. The van der Waals surface area contributed by atoms with Crippen LogP contribution in [0.25, 0.3) is 10.2 Å². The summed E-state index contributed by atoms with van der Waals surface area (Å²) in [7, 11) is 1.91. The molecule has 4 heterocycles. The van der Waals surface area contributed by atoms with E-state index in [1.807, 2.05) is 22.7 Å². The summed E-state index contributed by atoms with van der Waals surface area (Å²) in [6.45, 7) is 4.88. The smallest absolute Gasteiger partial charge is 0.328 e. The van der Waals surface area contributed by atoms with E-state index in [2.05, 4.69) is 34.1 Å². The third kappa shape index (κ3) is 2.76. The Morgan fingerprint density at radius 3 is 2.88 bits per heavy atom. The van der Waals surface area contributed by atoms with Crippen LogP contribution in [0.2, 0.25) is 0 Å². The van der Waals surface area contributed by atoms with Gasteiger partial charge in [0.05, 0.1) is 16.6 Å². The molecule has 1 saturated heterocycles. The van der Waals surface area contributed by atoms with Crippen LogP contribution in [0.4, 0.5) is 0 Å². The fraction of sp³-hybridized carbons (Fsp3) is 0.529. The number of nitrogens with one attached hydrogen (secondary N) is 2. The van der Waals surface area contributed by atoms with Gasteiger partial charge in [0.15, 0.2) is 5.82 Å². The number of aromatic amines is 2. The highest BCUT2D eigenvalue weighted by Gasteiger charge is 2.32. The average Bonchev–Trinajstić information content (AvgIpc) is 3.31. The molecule has 0 aliphatic carbocycles. The van der Waals surface area contributed by atoms with Crippen molar-refractivity contribution in [2.45, 2.75) is 45.1 Å².